The first-order valence-corrected chi connectivity index (χ1v) is 5.56. The van der Waals surface area contributed by atoms with Gasteiger partial charge < -0.3 is 10.6 Å². The highest BCUT2D eigenvalue weighted by Gasteiger charge is 1.97. The summed E-state index contributed by atoms with van der Waals surface area (Å²) in [4.78, 5) is 8.81. The van der Waals surface area contributed by atoms with Gasteiger partial charge in [0, 0.05) is 13.1 Å². The van der Waals surface area contributed by atoms with Gasteiger partial charge in [-0.3, -0.25) is 4.98 Å². The zero-order chi connectivity index (χ0) is 11.2. The Morgan fingerprint density at radius 2 is 1.94 bits per heavy atom. The van der Waals surface area contributed by atoms with Crippen molar-refractivity contribution in [2.24, 2.45) is 0 Å². The van der Waals surface area contributed by atoms with E-state index in [9.17, 15) is 0 Å². The Hall–Kier alpha value is -1.68. The minimum absolute atomic E-state index is 0.830. The number of likely N-dealkylation sites (N-methyl/N-ethyl adjacent to an activating group) is 1. The molecule has 0 atom stereocenters. The van der Waals surface area contributed by atoms with E-state index < -0.39 is 0 Å². The molecule has 2 N–H and O–H groups in total. The summed E-state index contributed by atoms with van der Waals surface area (Å²) in [7, 11) is 0. The van der Waals surface area contributed by atoms with Gasteiger partial charge in [-0.1, -0.05) is 19.1 Å². The Morgan fingerprint density at radius 1 is 1.12 bits per heavy atom. The van der Waals surface area contributed by atoms with Crippen LogP contribution in [0.2, 0.25) is 0 Å². The highest BCUT2D eigenvalue weighted by Crippen LogP contribution is 2.10. The molecule has 0 saturated heterocycles. The van der Waals surface area contributed by atoms with E-state index in [4.69, 9.17) is 0 Å². The van der Waals surface area contributed by atoms with Crippen LogP contribution in [0.5, 0.6) is 0 Å². The van der Waals surface area contributed by atoms with E-state index in [2.05, 4.69) is 27.5 Å². The van der Waals surface area contributed by atoms with E-state index in [-0.39, 0.29) is 0 Å². The largest absolute Gasteiger partial charge is 0.367 e. The molecule has 1 heterocycles. The van der Waals surface area contributed by atoms with Crippen LogP contribution < -0.4 is 10.6 Å². The predicted molar refractivity (Wildman–Crippen MR) is 66.6 cm³/mol. The van der Waals surface area contributed by atoms with Crippen molar-refractivity contribution in [1.29, 1.82) is 0 Å². The first-order chi connectivity index (χ1) is 7.90. The molecular weight excluding hydrogens is 200 g/mol. The molecule has 0 bridgehead atoms. The third-order valence-corrected chi connectivity index (χ3v) is 2.31. The molecule has 84 valence electrons. The molecule has 0 radical (unpaired) electrons. The Bertz CT molecular complexity index is 455. The summed E-state index contributed by atoms with van der Waals surface area (Å²) in [6.45, 7) is 4.88. The summed E-state index contributed by atoms with van der Waals surface area (Å²) in [5.74, 6) is 0.830. The maximum absolute atomic E-state index is 4.47. The van der Waals surface area contributed by atoms with Gasteiger partial charge in [0.05, 0.1) is 17.2 Å². The number of benzene rings is 1. The number of hydrogen-bond donors (Lipinski definition) is 2. The molecule has 1 aromatic heterocycles. The normalized spacial score (nSPS) is 10.6. The molecule has 2 rings (SSSR count). The van der Waals surface area contributed by atoms with Crippen LogP contribution in [0, 0.1) is 0 Å². The monoisotopic (exact) mass is 216 g/mol. The lowest BCUT2D eigenvalue weighted by atomic mass is 10.3. The van der Waals surface area contributed by atoms with Crippen LogP contribution in [-0.2, 0) is 0 Å². The lowest BCUT2D eigenvalue weighted by Crippen LogP contribution is -2.21. The minimum atomic E-state index is 0.830. The number of nitrogens with zero attached hydrogens (tertiary/aromatic N) is 2. The molecule has 0 amide bonds. The van der Waals surface area contributed by atoms with Gasteiger partial charge in [-0.25, -0.2) is 4.98 Å². The molecule has 4 heteroatoms. The molecule has 0 aliphatic heterocycles. The van der Waals surface area contributed by atoms with Gasteiger partial charge in [-0.05, 0) is 18.7 Å². The molecule has 4 nitrogen and oxygen atoms in total. The summed E-state index contributed by atoms with van der Waals surface area (Å²) in [6.07, 6.45) is 1.77. The number of rotatable bonds is 5. The second-order valence-corrected chi connectivity index (χ2v) is 3.52. The zero-order valence-corrected chi connectivity index (χ0v) is 9.40. The summed E-state index contributed by atoms with van der Waals surface area (Å²) in [5.41, 5.74) is 1.86. The maximum Gasteiger partial charge on any atom is 0.145 e. The van der Waals surface area contributed by atoms with Crippen molar-refractivity contribution < 1.29 is 0 Å². The molecule has 16 heavy (non-hydrogen) atoms. The molecule has 1 aromatic carbocycles. The first kappa shape index (κ1) is 10.8. The van der Waals surface area contributed by atoms with Crippen LogP contribution in [0.25, 0.3) is 11.0 Å². The van der Waals surface area contributed by atoms with Gasteiger partial charge >= 0.3 is 0 Å². The van der Waals surface area contributed by atoms with Crippen LogP contribution in [-0.4, -0.2) is 29.6 Å². The fraction of sp³-hybridized carbons (Fsp3) is 0.333. The average molecular weight is 216 g/mol. The van der Waals surface area contributed by atoms with Crippen molar-refractivity contribution >= 4 is 16.9 Å². The third-order valence-electron chi connectivity index (χ3n) is 2.31. The summed E-state index contributed by atoms with van der Waals surface area (Å²) in [6, 6.07) is 7.87. The number of aromatic nitrogens is 2. The number of para-hydroxylation sites is 2. The van der Waals surface area contributed by atoms with Crippen LogP contribution in [0.15, 0.2) is 30.5 Å². The SMILES string of the molecule is CCNCCNc1cnc2ccccc2n1. The van der Waals surface area contributed by atoms with Gasteiger partial charge in [0.1, 0.15) is 5.82 Å². The van der Waals surface area contributed by atoms with Crippen molar-refractivity contribution in [1.82, 2.24) is 15.3 Å². The molecule has 0 fully saturated rings. The second-order valence-electron chi connectivity index (χ2n) is 3.52. The number of fused-ring (bicyclic) bond motifs is 1. The number of anilines is 1. The van der Waals surface area contributed by atoms with E-state index in [0.29, 0.717) is 0 Å². The summed E-state index contributed by atoms with van der Waals surface area (Å²) >= 11 is 0. The smallest absolute Gasteiger partial charge is 0.145 e. The Kier molecular flexibility index (Phi) is 3.66. The summed E-state index contributed by atoms with van der Waals surface area (Å²) in [5, 5.41) is 6.48. The van der Waals surface area contributed by atoms with E-state index in [0.717, 1.165) is 36.5 Å². The van der Waals surface area contributed by atoms with Crippen molar-refractivity contribution in [3.8, 4) is 0 Å². The second kappa shape index (κ2) is 5.42. The molecule has 2 aromatic rings. The fourth-order valence-electron chi connectivity index (χ4n) is 1.50. The van der Waals surface area contributed by atoms with Crippen molar-refractivity contribution in [2.45, 2.75) is 6.92 Å². The Balaban J connectivity index is 2.02. The molecule has 0 unspecified atom stereocenters. The highest BCUT2D eigenvalue weighted by molar-refractivity contribution is 5.75. The number of hydrogen-bond acceptors (Lipinski definition) is 4. The standard InChI is InChI=1S/C12H16N4/c1-2-13-7-8-14-12-9-15-10-5-3-4-6-11(10)16-12/h3-6,9,13H,2,7-8H2,1H3,(H,14,16). The van der Waals surface area contributed by atoms with E-state index in [1.807, 2.05) is 24.3 Å². The van der Waals surface area contributed by atoms with Crippen LogP contribution >= 0.6 is 0 Å². The maximum atomic E-state index is 4.47. The molecule has 0 aliphatic rings. The average Bonchev–Trinajstić information content (AvgIpc) is 2.34. The van der Waals surface area contributed by atoms with Crippen LogP contribution in [0.4, 0.5) is 5.82 Å². The highest BCUT2D eigenvalue weighted by atomic mass is 15.0. The van der Waals surface area contributed by atoms with Crippen molar-refractivity contribution in [2.75, 3.05) is 25.0 Å². The zero-order valence-electron chi connectivity index (χ0n) is 9.40. The van der Waals surface area contributed by atoms with Crippen molar-refractivity contribution in [3.63, 3.8) is 0 Å². The van der Waals surface area contributed by atoms with E-state index >= 15 is 0 Å². The van der Waals surface area contributed by atoms with E-state index in [1.54, 1.807) is 6.20 Å². The third kappa shape index (κ3) is 2.67. The quantitative estimate of drug-likeness (QED) is 0.746. The van der Waals surface area contributed by atoms with Crippen molar-refractivity contribution in [3.05, 3.63) is 30.5 Å². The molecule has 0 aliphatic carbocycles. The van der Waals surface area contributed by atoms with Crippen LogP contribution in [0.1, 0.15) is 6.92 Å². The van der Waals surface area contributed by atoms with Gasteiger partial charge in [0.2, 0.25) is 0 Å². The molecule has 0 saturated carbocycles. The predicted octanol–water partition coefficient (Wildman–Crippen LogP) is 1.65. The lowest BCUT2D eigenvalue weighted by Gasteiger charge is -2.06. The van der Waals surface area contributed by atoms with Gasteiger partial charge in [0.25, 0.3) is 0 Å². The summed E-state index contributed by atoms with van der Waals surface area (Å²) < 4.78 is 0. The van der Waals surface area contributed by atoms with Gasteiger partial charge in [0.15, 0.2) is 0 Å². The molecular formula is C12H16N4. The lowest BCUT2D eigenvalue weighted by molar-refractivity contribution is 0.738. The molecule has 0 spiro atoms. The Morgan fingerprint density at radius 3 is 2.75 bits per heavy atom. The fourth-order valence-corrected chi connectivity index (χ4v) is 1.50. The minimum Gasteiger partial charge on any atom is -0.367 e. The van der Waals surface area contributed by atoms with E-state index in [1.165, 1.54) is 0 Å². The Labute approximate surface area is 95.1 Å². The van der Waals surface area contributed by atoms with Gasteiger partial charge in [-0.2, -0.15) is 0 Å². The van der Waals surface area contributed by atoms with Crippen LogP contribution in [0.3, 0.4) is 0 Å². The number of nitrogens with one attached hydrogen (secondary N) is 2. The topological polar surface area (TPSA) is 49.8 Å². The first-order valence-electron chi connectivity index (χ1n) is 5.56. The van der Waals surface area contributed by atoms with Gasteiger partial charge in [-0.15, -0.1) is 0 Å².